The standard InChI is InChI=1S/C28H27BrN6O3/c29-20-7-8-23-21(15-20)22(24(36)9-10-25(37)38)17-35(23)28-31-26(33-12-3-4-13-33)30-27(32-28)34-14-11-18-5-1-2-6-19(18)16-34/h1-2,5-8,15,17H,3-4,9-14,16H2,(H,37,38). The molecule has 0 saturated carbocycles. The van der Waals surface area contributed by atoms with E-state index in [0.717, 1.165) is 60.8 Å². The molecule has 2 aromatic carbocycles. The van der Waals surface area contributed by atoms with E-state index in [0.29, 0.717) is 23.4 Å². The minimum absolute atomic E-state index is 0.0738. The number of ketones is 1. The van der Waals surface area contributed by atoms with Crippen LogP contribution < -0.4 is 9.80 Å². The molecule has 6 rings (SSSR count). The lowest BCUT2D eigenvalue weighted by Crippen LogP contribution is -2.33. The first-order valence-electron chi connectivity index (χ1n) is 12.8. The second-order valence-corrected chi connectivity index (χ2v) is 10.7. The maximum Gasteiger partial charge on any atom is 0.303 e. The van der Waals surface area contributed by atoms with Gasteiger partial charge >= 0.3 is 5.97 Å². The third-order valence-corrected chi connectivity index (χ3v) is 7.74. The Labute approximate surface area is 228 Å². The summed E-state index contributed by atoms with van der Waals surface area (Å²) in [5.74, 6) is 0.475. The number of carboxylic acid groups (broad SMARTS) is 1. The third-order valence-electron chi connectivity index (χ3n) is 7.25. The average molecular weight is 575 g/mol. The average Bonchev–Trinajstić information content (AvgIpc) is 3.60. The van der Waals surface area contributed by atoms with Crippen molar-refractivity contribution >= 4 is 50.5 Å². The predicted octanol–water partition coefficient (Wildman–Crippen LogP) is 4.79. The van der Waals surface area contributed by atoms with Crippen LogP contribution in [0.5, 0.6) is 0 Å². The van der Waals surface area contributed by atoms with Gasteiger partial charge in [0.15, 0.2) is 5.78 Å². The van der Waals surface area contributed by atoms with E-state index in [1.165, 1.54) is 11.1 Å². The molecule has 1 saturated heterocycles. The normalized spacial score (nSPS) is 15.2. The summed E-state index contributed by atoms with van der Waals surface area (Å²) < 4.78 is 2.66. The van der Waals surface area contributed by atoms with E-state index in [9.17, 15) is 9.59 Å². The summed E-state index contributed by atoms with van der Waals surface area (Å²) in [7, 11) is 0. The lowest BCUT2D eigenvalue weighted by atomic mass is 10.0. The Morgan fingerprint density at radius 3 is 2.34 bits per heavy atom. The Hall–Kier alpha value is -3.79. The van der Waals surface area contributed by atoms with Gasteiger partial charge in [-0.1, -0.05) is 40.2 Å². The fraction of sp³-hybridized carbons (Fsp3) is 0.321. The largest absolute Gasteiger partial charge is 0.481 e. The maximum absolute atomic E-state index is 13.1. The molecule has 9 nitrogen and oxygen atoms in total. The highest BCUT2D eigenvalue weighted by Gasteiger charge is 2.25. The number of fused-ring (bicyclic) bond motifs is 2. The van der Waals surface area contributed by atoms with Crippen LogP contribution in [0.25, 0.3) is 16.9 Å². The fourth-order valence-electron chi connectivity index (χ4n) is 5.26. The van der Waals surface area contributed by atoms with Crippen molar-refractivity contribution in [2.45, 2.75) is 38.6 Å². The van der Waals surface area contributed by atoms with E-state index >= 15 is 0 Å². The molecule has 4 aromatic rings. The number of anilines is 2. The molecule has 2 aliphatic rings. The maximum atomic E-state index is 13.1. The Morgan fingerprint density at radius 2 is 1.58 bits per heavy atom. The molecule has 0 atom stereocenters. The van der Waals surface area contributed by atoms with E-state index in [4.69, 9.17) is 20.1 Å². The molecule has 4 heterocycles. The van der Waals surface area contributed by atoms with Gasteiger partial charge in [0.25, 0.3) is 0 Å². The van der Waals surface area contributed by atoms with Crippen LogP contribution in [0.4, 0.5) is 11.9 Å². The van der Waals surface area contributed by atoms with E-state index in [1.807, 2.05) is 22.8 Å². The number of Topliss-reactive ketones (excluding diaryl/α,β-unsaturated/α-hetero) is 1. The van der Waals surface area contributed by atoms with Gasteiger partial charge < -0.3 is 14.9 Å². The number of aromatic nitrogens is 4. The number of carbonyl (C=O) groups is 2. The lowest BCUT2D eigenvalue weighted by Gasteiger charge is -2.29. The van der Waals surface area contributed by atoms with Crippen LogP contribution in [0.2, 0.25) is 0 Å². The molecule has 0 bridgehead atoms. The number of rotatable bonds is 7. The second kappa shape index (κ2) is 10.2. The SMILES string of the molecule is O=C(O)CCC(=O)c1cn(-c2nc(N3CCCC3)nc(N3CCc4ccccc4C3)n2)c2ccc(Br)cc12. The van der Waals surface area contributed by atoms with Crippen molar-refractivity contribution in [1.29, 1.82) is 0 Å². The van der Waals surface area contributed by atoms with Crippen molar-refractivity contribution < 1.29 is 14.7 Å². The number of hydrogen-bond donors (Lipinski definition) is 1. The minimum atomic E-state index is -0.997. The van der Waals surface area contributed by atoms with E-state index in [1.54, 1.807) is 6.20 Å². The predicted molar refractivity (Wildman–Crippen MR) is 148 cm³/mol. The Kier molecular flexibility index (Phi) is 6.57. The molecule has 0 aliphatic carbocycles. The summed E-state index contributed by atoms with van der Waals surface area (Å²) in [6.07, 6.45) is 4.55. The van der Waals surface area contributed by atoms with Crippen LogP contribution in [-0.2, 0) is 17.8 Å². The van der Waals surface area contributed by atoms with E-state index in [2.05, 4.69) is 50.0 Å². The molecular weight excluding hydrogens is 548 g/mol. The molecule has 1 fully saturated rings. The lowest BCUT2D eigenvalue weighted by molar-refractivity contribution is -0.136. The first-order chi connectivity index (χ1) is 18.5. The smallest absolute Gasteiger partial charge is 0.303 e. The molecule has 2 aliphatic heterocycles. The van der Waals surface area contributed by atoms with Gasteiger partial charge in [-0.2, -0.15) is 15.0 Å². The summed E-state index contributed by atoms with van der Waals surface area (Å²) in [4.78, 5) is 43.2. The van der Waals surface area contributed by atoms with Crippen LogP contribution in [0.3, 0.4) is 0 Å². The van der Waals surface area contributed by atoms with Gasteiger partial charge in [-0.3, -0.25) is 14.2 Å². The van der Waals surface area contributed by atoms with Gasteiger partial charge in [0, 0.05) is 54.2 Å². The van der Waals surface area contributed by atoms with Crippen molar-refractivity contribution in [2.75, 3.05) is 29.4 Å². The van der Waals surface area contributed by atoms with Gasteiger partial charge in [0.05, 0.1) is 11.9 Å². The fourth-order valence-corrected chi connectivity index (χ4v) is 5.62. The van der Waals surface area contributed by atoms with Gasteiger partial charge in [-0.25, -0.2) is 0 Å². The summed E-state index contributed by atoms with van der Waals surface area (Å²) in [5.41, 5.74) is 3.86. The number of benzene rings is 2. The van der Waals surface area contributed by atoms with Gasteiger partial charge in [0.1, 0.15) is 0 Å². The molecule has 1 N–H and O–H groups in total. The van der Waals surface area contributed by atoms with Crippen molar-refractivity contribution in [2.24, 2.45) is 0 Å². The molecule has 194 valence electrons. The molecule has 0 unspecified atom stereocenters. The second-order valence-electron chi connectivity index (χ2n) is 9.76. The van der Waals surface area contributed by atoms with Crippen LogP contribution in [0.15, 0.2) is 53.1 Å². The van der Waals surface area contributed by atoms with Crippen LogP contribution in [-0.4, -0.2) is 56.0 Å². The molecular formula is C28H27BrN6O3. The zero-order valence-corrected chi connectivity index (χ0v) is 22.4. The summed E-state index contributed by atoms with van der Waals surface area (Å²) in [6.45, 7) is 3.31. The Morgan fingerprint density at radius 1 is 0.868 bits per heavy atom. The molecule has 0 amide bonds. The van der Waals surface area contributed by atoms with E-state index < -0.39 is 5.97 Å². The third kappa shape index (κ3) is 4.76. The summed E-state index contributed by atoms with van der Waals surface area (Å²) in [6, 6.07) is 14.2. The Balaban J connectivity index is 1.46. The quantitative estimate of drug-likeness (QED) is 0.314. The molecule has 2 aromatic heterocycles. The first kappa shape index (κ1) is 24.5. The van der Waals surface area contributed by atoms with Crippen LogP contribution in [0, 0.1) is 0 Å². The summed E-state index contributed by atoms with van der Waals surface area (Å²) in [5, 5.41) is 9.83. The number of aliphatic carboxylic acids is 1. The van der Waals surface area contributed by atoms with Gasteiger partial charge in [-0.15, -0.1) is 0 Å². The van der Waals surface area contributed by atoms with Gasteiger partial charge in [-0.05, 0) is 48.6 Å². The zero-order chi connectivity index (χ0) is 26.2. The van der Waals surface area contributed by atoms with Crippen LogP contribution in [0.1, 0.15) is 47.2 Å². The number of hydrogen-bond acceptors (Lipinski definition) is 7. The highest BCUT2D eigenvalue weighted by atomic mass is 79.9. The molecule has 0 radical (unpaired) electrons. The number of carboxylic acids is 1. The van der Waals surface area contributed by atoms with Crippen LogP contribution >= 0.6 is 15.9 Å². The zero-order valence-electron chi connectivity index (χ0n) is 20.8. The van der Waals surface area contributed by atoms with Crippen molar-refractivity contribution in [1.82, 2.24) is 19.5 Å². The van der Waals surface area contributed by atoms with Crippen molar-refractivity contribution in [3.8, 4) is 5.95 Å². The summed E-state index contributed by atoms with van der Waals surface area (Å²) >= 11 is 3.51. The number of nitrogens with zero attached hydrogens (tertiary/aromatic N) is 6. The number of carbonyl (C=O) groups excluding carboxylic acids is 1. The Bertz CT molecular complexity index is 1550. The number of halogens is 1. The highest BCUT2D eigenvalue weighted by molar-refractivity contribution is 9.10. The highest BCUT2D eigenvalue weighted by Crippen LogP contribution is 2.30. The van der Waals surface area contributed by atoms with Gasteiger partial charge in [0.2, 0.25) is 17.8 Å². The molecule has 10 heteroatoms. The van der Waals surface area contributed by atoms with Crippen molar-refractivity contribution in [3.63, 3.8) is 0 Å². The van der Waals surface area contributed by atoms with Crippen molar-refractivity contribution in [3.05, 3.63) is 69.8 Å². The molecule has 38 heavy (non-hydrogen) atoms. The topological polar surface area (TPSA) is 104 Å². The van der Waals surface area contributed by atoms with E-state index in [-0.39, 0.29) is 18.6 Å². The first-order valence-corrected chi connectivity index (χ1v) is 13.6. The minimum Gasteiger partial charge on any atom is -0.481 e. The monoisotopic (exact) mass is 574 g/mol. The molecule has 0 spiro atoms.